The zero-order chi connectivity index (χ0) is 12.3. The molecule has 0 fully saturated rings. The number of nitrogens with zero attached hydrogens (tertiary/aromatic N) is 1. The second-order valence-electron chi connectivity index (χ2n) is 4.36. The van der Waals surface area contributed by atoms with Gasteiger partial charge in [0, 0.05) is 12.7 Å². The lowest BCUT2D eigenvalue weighted by atomic mass is 10.1. The minimum absolute atomic E-state index is 0.0716. The first-order valence-corrected chi connectivity index (χ1v) is 6.07. The van der Waals surface area contributed by atoms with Crippen molar-refractivity contribution in [2.45, 2.75) is 33.2 Å². The summed E-state index contributed by atoms with van der Waals surface area (Å²) in [5.41, 5.74) is 3.01. The van der Waals surface area contributed by atoms with Crippen LogP contribution in [0.4, 0.5) is 0 Å². The summed E-state index contributed by atoms with van der Waals surface area (Å²) in [6.45, 7) is 4.93. The molecule has 1 aromatic heterocycles. The lowest BCUT2D eigenvalue weighted by Crippen LogP contribution is -2.17. The zero-order valence-electron chi connectivity index (χ0n) is 10.4. The van der Waals surface area contributed by atoms with Crippen molar-refractivity contribution in [3.8, 4) is 11.1 Å². The summed E-state index contributed by atoms with van der Waals surface area (Å²) < 4.78 is 1.68. The molecule has 3 heteroatoms. The molecule has 3 nitrogen and oxygen atoms in total. The molecule has 0 aliphatic rings. The molecule has 2 aromatic rings. The summed E-state index contributed by atoms with van der Waals surface area (Å²) in [5, 5.41) is 3.03. The van der Waals surface area contributed by atoms with Gasteiger partial charge in [0.2, 0.25) is 0 Å². The first kappa shape index (κ1) is 11.7. The van der Waals surface area contributed by atoms with Crippen molar-refractivity contribution in [2.24, 2.45) is 0 Å². The van der Waals surface area contributed by atoms with E-state index in [2.05, 4.69) is 12.0 Å². The smallest absolute Gasteiger partial charge is 0.274 e. The summed E-state index contributed by atoms with van der Waals surface area (Å²) in [6, 6.07) is 8.03. The maximum absolute atomic E-state index is 12.1. The second kappa shape index (κ2) is 5.04. The van der Waals surface area contributed by atoms with Crippen LogP contribution in [0.1, 0.15) is 25.3 Å². The van der Waals surface area contributed by atoms with Gasteiger partial charge in [0.25, 0.3) is 5.56 Å². The van der Waals surface area contributed by atoms with Gasteiger partial charge in [-0.25, -0.2) is 0 Å². The van der Waals surface area contributed by atoms with E-state index in [9.17, 15) is 4.79 Å². The maximum atomic E-state index is 12.1. The van der Waals surface area contributed by atoms with E-state index >= 15 is 0 Å². The number of nitrogens with one attached hydrogen (secondary N) is 1. The molecule has 90 valence electrons. The number of hydrogen-bond donors (Lipinski definition) is 1. The standard InChI is InChI=1S/C14H18N2O/c1-3-4-9-16-14(17)13(10-15-16)12-7-5-11(2)6-8-12/h5-8,10,15H,3-4,9H2,1-2H3. The van der Waals surface area contributed by atoms with Crippen LogP contribution in [0.2, 0.25) is 0 Å². The van der Waals surface area contributed by atoms with Crippen molar-refractivity contribution in [1.82, 2.24) is 9.78 Å². The first-order chi connectivity index (χ1) is 8.22. The summed E-state index contributed by atoms with van der Waals surface area (Å²) in [5.74, 6) is 0. The third kappa shape index (κ3) is 2.49. The molecule has 0 atom stereocenters. The number of unbranched alkanes of at least 4 members (excludes halogenated alkanes) is 1. The Morgan fingerprint density at radius 2 is 1.94 bits per heavy atom. The van der Waals surface area contributed by atoms with Gasteiger partial charge >= 0.3 is 0 Å². The Kier molecular flexibility index (Phi) is 3.47. The Labute approximate surface area is 101 Å². The van der Waals surface area contributed by atoms with Gasteiger partial charge < -0.3 is 5.10 Å². The molecule has 0 aliphatic heterocycles. The third-order valence-corrected chi connectivity index (χ3v) is 2.94. The largest absolute Gasteiger partial charge is 0.302 e. The number of rotatable bonds is 4. The van der Waals surface area contributed by atoms with E-state index < -0.39 is 0 Å². The zero-order valence-corrected chi connectivity index (χ0v) is 10.4. The topological polar surface area (TPSA) is 37.8 Å². The Morgan fingerprint density at radius 1 is 1.24 bits per heavy atom. The predicted molar refractivity (Wildman–Crippen MR) is 70.1 cm³/mol. The van der Waals surface area contributed by atoms with E-state index in [1.54, 1.807) is 10.9 Å². The van der Waals surface area contributed by atoms with Crippen LogP contribution in [0.25, 0.3) is 11.1 Å². The molecule has 0 saturated carbocycles. The maximum Gasteiger partial charge on any atom is 0.274 e. The lowest BCUT2D eigenvalue weighted by Gasteiger charge is -1.99. The highest BCUT2D eigenvalue weighted by Crippen LogP contribution is 2.15. The van der Waals surface area contributed by atoms with Crippen LogP contribution in [0, 0.1) is 6.92 Å². The van der Waals surface area contributed by atoms with E-state index in [1.165, 1.54) is 5.56 Å². The average Bonchev–Trinajstić information content (AvgIpc) is 2.69. The summed E-state index contributed by atoms with van der Waals surface area (Å²) in [4.78, 5) is 12.1. The summed E-state index contributed by atoms with van der Waals surface area (Å²) >= 11 is 0. The van der Waals surface area contributed by atoms with Crippen molar-refractivity contribution in [2.75, 3.05) is 0 Å². The lowest BCUT2D eigenvalue weighted by molar-refractivity contribution is 0.557. The van der Waals surface area contributed by atoms with Gasteiger partial charge in [-0.15, -0.1) is 0 Å². The number of benzene rings is 1. The van der Waals surface area contributed by atoms with E-state index in [-0.39, 0.29) is 5.56 Å². The van der Waals surface area contributed by atoms with Crippen LogP contribution in [0.3, 0.4) is 0 Å². The van der Waals surface area contributed by atoms with Gasteiger partial charge in [-0.2, -0.15) is 0 Å². The fourth-order valence-corrected chi connectivity index (χ4v) is 1.83. The van der Waals surface area contributed by atoms with E-state index in [1.807, 2.05) is 31.2 Å². The highest BCUT2D eigenvalue weighted by atomic mass is 16.1. The average molecular weight is 230 g/mol. The van der Waals surface area contributed by atoms with Crippen molar-refractivity contribution in [3.63, 3.8) is 0 Å². The van der Waals surface area contributed by atoms with Gasteiger partial charge in [0.05, 0.1) is 5.56 Å². The highest BCUT2D eigenvalue weighted by molar-refractivity contribution is 5.61. The number of aromatic nitrogens is 2. The third-order valence-electron chi connectivity index (χ3n) is 2.94. The van der Waals surface area contributed by atoms with Crippen LogP contribution in [-0.2, 0) is 6.54 Å². The Balaban J connectivity index is 2.31. The fraction of sp³-hybridized carbons (Fsp3) is 0.357. The minimum Gasteiger partial charge on any atom is -0.302 e. The second-order valence-corrected chi connectivity index (χ2v) is 4.36. The van der Waals surface area contributed by atoms with Crippen molar-refractivity contribution in [1.29, 1.82) is 0 Å². The molecule has 0 radical (unpaired) electrons. The van der Waals surface area contributed by atoms with Crippen LogP contribution in [0.5, 0.6) is 0 Å². The quantitative estimate of drug-likeness (QED) is 0.861. The molecule has 0 unspecified atom stereocenters. The van der Waals surface area contributed by atoms with E-state index in [0.29, 0.717) is 0 Å². The minimum atomic E-state index is 0.0716. The molecule has 0 aliphatic carbocycles. The van der Waals surface area contributed by atoms with Crippen LogP contribution >= 0.6 is 0 Å². The highest BCUT2D eigenvalue weighted by Gasteiger charge is 2.07. The van der Waals surface area contributed by atoms with Crippen LogP contribution in [-0.4, -0.2) is 9.78 Å². The molecule has 0 amide bonds. The molecule has 1 aromatic carbocycles. The van der Waals surface area contributed by atoms with Crippen LogP contribution < -0.4 is 5.56 Å². The molecular weight excluding hydrogens is 212 g/mol. The molecular formula is C14H18N2O. The molecule has 1 heterocycles. The van der Waals surface area contributed by atoms with Gasteiger partial charge in [0.15, 0.2) is 0 Å². The number of aryl methyl sites for hydroxylation is 2. The summed E-state index contributed by atoms with van der Waals surface area (Å²) in [7, 11) is 0. The SMILES string of the molecule is CCCCn1[nH]cc(-c2ccc(C)cc2)c1=O. The van der Waals surface area contributed by atoms with Gasteiger partial charge in [-0.05, 0) is 18.9 Å². The number of hydrogen-bond acceptors (Lipinski definition) is 1. The van der Waals surface area contributed by atoms with Crippen molar-refractivity contribution in [3.05, 3.63) is 46.4 Å². The monoisotopic (exact) mass is 230 g/mol. The number of H-pyrrole nitrogens is 1. The predicted octanol–water partition coefficient (Wildman–Crippen LogP) is 2.95. The van der Waals surface area contributed by atoms with Crippen LogP contribution in [0.15, 0.2) is 35.3 Å². The van der Waals surface area contributed by atoms with E-state index in [4.69, 9.17) is 0 Å². The molecule has 0 spiro atoms. The molecule has 1 N–H and O–H groups in total. The fourth-order valence-electron chi connectivity index (χ4n) is 1.83. The van der Waals surface area contributed by atoms with Crippen molar-refractivity contribution < 1.29 is 0 Å². The molecule has 0 bridgehead atoms. The Bertz CT molecular complexity index is 534. The molecule has 17 heavy (non-hydrogen) atoms. The van der Waals surface area contributed by atoms with E-state index in [0.717, 1.165) is 30.5 Å². The Hall–Kier alpha value is -1.77. The van der Waals surface area contributed by atoms with Gasteiger partial charge in [-0.3, -0.25) is 9.48 Å². The first-order valence-electron chi connectivity index (χ1n) is 6.07. The molecule has 0 saturated heterocycles. The molecule has 2 rings (SSSR count). The van der Waals surface area contributed by atoms with Crippen molar-refractivity contribution >= 4 is 0 Å². The normalized spacial score (nSPS) is 10.7. The van der Waals surface area contributed by atoms with Gasteiger partial charge in [-0.1, -0.05) is 43.2 Å². The summed E-state index contributed by atoms with van der Waals surface area (Å²) in [6.07, 6.45) is 3.90. The Morgan fingerprint density at radius 3 is 2.59 bits per heavy atom. The van der Waals surface area contributed by atoms with Gasteiger partial charge in [0.1, 0.15) is 0 Å². The number of aromatic amines is 1.